The molecule has 0 radical (unpaired) electrons. The van der Waals surface area contributed by atoms with E-state index in [4.69, 9.17) is 5.11 Å². The molecular formula is C8H5BrN2O2. The van der Waals surface area contributed by atoms with Gasteiger partial charge in [0, 0.05) is 9.86 Å². The third-order valence-corrected chi connectivity index (χ3v) is 2.22. The van der Waals surface area contributed by atoms with Crippen molar-refractivity contribution in [3.8, 4) is 0 Å². The van der Waals surface area contributed by atoms with Crippen LogP contribution in [0.4, 0.5) is 0 Å². The first-order chi connectivity index (χ1) is 6.18. The zero-order valence-electron chi connectivity index (χ0n) is 6.41. The quantitative estimate of drug-likeness (QED) is 0.802. The van der Waals surface area contributed by atoms with Crippen LogP contribution in [-0.2, 0) is 0 Å². The fourth-order valence-corrected chi connectivity index (χ4v) is 1.51. The van der Waals surface area contributed by atoms with Crippen molar-refractivity contribution in [1.82, 2.24) is 10.2 Å². The highest BCUT2D eigenvalue weighted by Crippen LogP contribution is 2.20. The van der Waals surface area contributed by atoms with Crippen LogP contribution in [0, 0.1) is 0 Å². The first kappa shape index (κ1) is 8.25. The molecule has 0 amide bonds. The number of aromatic amines is 1. The summed E-state index contributed by atoms with van der Waals surface area (Å²) >= 11 is 3.27. The molecule has 0 aliphatic carbocycles. The molecule has 2 rings (SSSR count). The molecule has 0 aliphatic heterocycles. The number of nitrogens with one attached hydrogen (secondary N) is 1. The minimum absolute atomic E-state index is 0.122. The lowest BCUT2D eigenvalue weighted by Gasteiger charge is -1.91. The summed E-state index contributed by atoms with van der Waals surface area (Å²) in [6, 6.07) is 5.29. The van der Waals surface area contributed by atoms with Gasteiger partial charge in [-0.2, -0.15) is 5.10 Å². The molecule has 4 nitrogen and oxygen atoms in total. The number of nitrogens with zero attached hydrogens (tertiary/aromatic N) is 1. The average molecular weight is 241 g/mol. The van der Waals surface area contributed by atoms with E-state index >= 15 is 0 Å². The molecule has 0 spiro atoms. The molecule has 66 valence electrons. The smallest absolute Gasteiger partial charge is 0.354 e. The van der Waals surface area contributed by atoms with Crippen LogP contribution in [0.3, 0.4) is 0 Å². The molecule has 0 bridgehead atoms. The summed E-state index contributed by atoms with van der Waals surface area (Å²) in [5.74, 6) is -0.999. The maximum absolute atomic E-state index is 10.7. The summed E-state index contributed by atoms with van der Waals surface area (Å²) < 4.78 is 0.837. The highest BCUT2D eigenvalue weighted by Gasteiger charge is 2.11. The monoisotopic (exact) mass is 240 g/mol. The molecule has 0 fully saturated rings. The lowest BCUT2D eigenvalue weighted by molar-refractivity contribution is 0.0692. The topological polar surface area (TPSA) is 66.0 Å². The fourth-order valence-electron chi connectivity index (χ4n) is 1.15. The number of benzene rings is 1. The Morgan fingerprint density at radius 3 is 3.00 bits per heavy atom. The highest BCUT2D eigenvalue weighted by atomic mass is 79.9. The largest absolute Gasteiger partial charge is 0.477 e. The second-order valence-electron chi connectivity index (χ2n) is 2.57. The predicted octanol–water partition coefficient (Wildman–Crippen LogP) is 2.02. The number of hydrogen-bond donors (Lipinski definition) is 2. The van der Waals surface area contributed by atoms with Gasteiger partial charge < -0.3 is 5.11 Å². The molecule has 1 aromatic heterocycles. The number of carboxylic acids is 1. The van der Waals surface area contributed by atoms with E-state index in [1.807, 2.05) is 6.07 Å². The van der Waals surface area contributed by atoms with Crippen molar-refractivity contribution in [1.29, 1.82) is 0 Å². The molecule has 2 N–H and O–H groups in total. The number of rotatable bonds is 1. The number of carbonyl (C=O) groups is 1. The molecule has 13 heavy (non-hydrogen) atoms. The summed E-state index contributed by atoms with van der Waals surface area (Å²) in [4.78, 5) is 10.7. The van der Waals surface area contributed by atoms with Gasteiger partial charge in [-0.1, -0.05) is 15.9 Å². The van der Waals surface area contributed by atoms with Crippen LogP contribution in [0.5, 0.6) is 0 Å². The van der Waals surface area contributed by atoms with Crippen LogP contribution >= 0.6 is 15.9 Å². The number of fused-ring (bicyclic) bond motifs is 1. The van der Waals surface area contributed by atoms with Gasteiger partial charge in [0.1, 0.15) is 0 Å². The van der Waals surface area contributed by atoms with Gasteiger partial charge in [-0.15, -0.1) is 0 Å². The van der Waals surface area contributed by atoms with Gasteiger partial charge in [-0.25, -0.2) is 4.79 Å². The van der Waals surface area contributed by atoms with Crippen molar-refractivity contribution in [2.45, 2.75) is 0 Å². The second kappa shape index (κ2) is 2.85. The Morgan fingerprint density at radius 1 is 1.54 bits per heavy atom. The molecule has 5 heteroatoms. The zero-order chi connectivity index (χ0) is 9.42. The summed E-state index contributed by atoms with van der Waals surface area (Å²) in [6.07, 6.45) is 0. The number of aromatic nitrogens is 2. The van der Waals surface area contributed by atoms with E-state index in [9.17, 15) is 4.79 Å². The molecule has 0 saturated heterocycles. The number of H-pyrrole nitrogens is 1. The maximum atomic E-state index is 10.7. The first-order valence-corrected chi connectivity index (χ1v) is 4.34. The zero-order valence-corrected chi connectivity index (χ0v) is 8.00. The van der Waals surface area contributed by atoms with E-state index in [1.165, 1.54) is 0 Å². The Hall–Kier alpha value is -1.36. The Labute approximate surface area is 81.7 Å². The van der Waals surface area contributed by atoms with Crippen molar-refractivity contribution >= 4 is 32.8 Å². The molecule has 1 aromatic carbocycles. The summed E-state index contributed by atoms with van der Waals surface area (Å²) in [5, 5.41) is 15.7. The second-order valence-corrected chi connectivity index (χ2v) is 3.48. The van der Waals surface area contributed by atoms with E-state index in [2.05, 4.69) is 26.1 Å². The van der Waals surface area contributed by atoms with Gasteiger partial charge in [0.25, 0.3) is 0 Å². The summed E-state index contributed by atoms with van der Waals surface area (Å²) in [6.45, 7) is 0. The van der Waals surface area contributed by atoms with Gasteiger partial charge >= 0.3 is 5.97 Å². The van der Waals surface area contributed by atoms with Crippen molar-refractivity contribution < 1.29 is 9.90 Å². The van der Waals surface area contributed by atoms with E-state index in [1.54, 1.807) is 12.1 Å². The first-order valence-electron chi connectivity index (χ1n) is 3.55. The van der Waals surface area contributed by atoms with Crippen LogP contribution in [-0.4, -0.2) is 21.3 Å². The standard InChI is InChI=1S/C8H5BrN2O2/c9-4-1-2-6-5(3-4)7(8(12)13)11-10-6/h1-3H,(H,10,11)(H,12,13). The predicted molar refractivity (Wildman–Crippen MR) is 50.8 cm³/mol. The number of hydrogen-bond acceptors (Lipinski definition) is 2. The van der Waals surface area contributed by atoms with Gasteiger partial charge in [0.05, 0.1) is 5.52 Å². The molecule has 0 atom stereocenters. The van der Waals surface area contributed by atoms with Gasteiger partial charge in [-0.3, -0.25) is 5.10 Å². The summed E-state index contributed by atoms with van der Waals surface area (Å²) in [7, 11) is 0. The van der Waals surface area contributed by atoms with Crippen LogP contribution in [0.25, 0.3) is 10.9 Å². The van der Waals surface area contributed by atoms with E-state index in [-0.39, 0.29) is 5.69 Å². The molecule has 0 saturated carbocycles. The third-order valence-electron chi connectivity index (χ3n) is 1.73. The normalized spacial score (nSPS) is 10.5. The Kier molecular flexibility index (Phi) is 1.81. The van der Waals surface area contributed by atoms with Gasteiger partial charge in [-0.05, 0) is 18.2 Å². The minimum Gasteiger partial charge on any atom is -0.477 e. The average Bonchev–Trinajstić information content (AvgIpc) is 2.46. The van der Waals surface area contributed by atoms with Crippen molar-refractivity contribution in [3.05, 3.63) is 28.4 Å². The maximum Gasteiger partial charge on any atom is 0.354 e. The van der Waals surface area contributed by atoms with E-state index < -0.39 is 5.97 Å². The number of halogens is 1. The van der Waals surface area contributed by atoms with Gasteiger partial charge in [0.2, 0.25) is 0 Å². The molecule has 1 heterocycles. The molecule has 0 aliphatic rings. The lowest BCUT2D eigenvalue weighted by Crippen LogP contribution is -1.96. The highest BCUT2D eigenvalue weighted by molar-refractivity contribution is 9.10. The van der Waals surface area contributed by atoms with Crippen LogP contribution in [0.2, 0.25) is 0 Å². The fraction of sp³-hybridized carbons (Fsp3) is 0. The molecule has 0 unspecified atom stereocenters. The molecule has 2 aromatic rings. The van der Waals surface area contributed by atoms with E-state index in [0.29, 0.717) is 10.9 Å². The SMILES string of the molecule is O=C(O)c1[nH]nc2ccc(Br)cc12. The Balaban J connectivity index is 2.79. The number of aromatic carboxylic acids is 1. The Morgan fingerprint density at radius 2 is 2.31 bits per heavy atom. The van der Waals surface area contributed by atoms with Crippen LogP contribution < -0.4 is 0 Å². The summed E-state index contributed by atoms with van der Waals surface area (Å²) in [5.41, 5.74) is 0.775. The Bertz CT molecular complexity index is 478. The number of carboxylic acid groups (broad SMARTS) is 1. The van der Waals surface area contributed by atoms with Crippen LogP contribution in [0.15, 0.2) is 22.7 Å². The third kappa shape index (κ3) is 1.31. The minimum atomic E-state index is -0.999. The van der Waals surface area contributed by atoms with Crippen molar-refractivity contribution in [2.24, 2.45) is 0 Å². The van der Waals surface area contributed by atoms with E-state index in [0.717, 1.165) is 4.47 Å². The van der Waals surface area contributed by atoms with Crippen LogP contribution in [0.1, 0.15) is 10.5 Å². The van der Waals surface area contributed by atoms with Gasteiger partial charge in [0.15, 0.2) is 5.69 Å². The van der Waals surface area contributed by atoms with Crippen molar-refractivity contribution in [2.75, 3.05) is 0 Å². The van der Waals surface area contributed by atoms with Crippen molar-refractivity contribution in [3.63, 3.8) is 0 Å². The lowest BCUT2D eigenvalue weighted by atomic mass is 10.2. The molecular weight excluding hydrogens is 236 g/mol.